The first-order valence-corrected chi connectivity index (χ1v) is 9.30. The van der Waals surface area contributed by atoms with E-state index in [9.17, 15) is 9.59 Å². The highest BCUT2D eigenvalue weighted by atomic mass is 35.5. The number of fused-ring (bicyclic) bond motifs is 1. The number of benzene rings is 2. The van der Waals surface area contributed by atoms with Crippen molar-refractivity contribution in [3.8, 4) is 0 Å². The fraction of sp³-hybridized carbons (Fsp3) is 0.190. The number of aromatic nitrogens is 1. The Morgan fingerprint density at radius 1 is 1.21 bits per heavy atom. The summed E-state index contributed by atoms with van der Waals surface area (Å²) >= 11 is 6.03. The van der Waals surface area contributed by atoms with Crippen molar-refractivity contribution >= 4 is 40.6 Å². The van der Waals surface area contributed by atoms with Gasteiger partial charge in [-0.05, 0) is 31.0 Å². The van der Waals surface area contributed by atoms with Gasteiger partial charge in [0.05, 0.1) is 12.8 Å². The molecule has 0 unspecified atom stereocenters. The second-order valence-corrected chi connectivity index (χ2v) is 6.54. The number of nitrogens with one attached hydrogen (secondary N) is 2. The van der Waals surface area contributed by atoms with Gasteiger partial charge in [-0.15, -0.1) is 0 Å². The van der Waals surface area contributed by atoms with Gasteiger partial charge in [-0.2, -0.15) is 5.10 Å². The predicted octanol–water partition coefficient (Wildman–Crippen LogP) is 4.08. The Morgan fingerprint density at radius 3 is 2.75 bits per heavy atom. The smallest absolute Gasteiger partial charge is 0.355 e. The lowest BCUT2D eigenvalue weighted by molar-refractivity contribution is -0.121. The summed E-state index contributed by atoms with van der Waals surface area (Å²) in [6, 6.07) is 15.0. The molecule has 0 radical (unpaired) electrons. The maximum atomic E-state index is 12.2. The molecule has 7 heteroatoms. The number of carbonyl (C=O) groups is 2. The molecule has 0 aliphatic carbocycles. The van der Waals surface area contributed by atoms with Crippen LogP contribution in [0.3, 0.4) is 0 Å². The Hall–Kier alpha value is -3.12. The van der Waals surface area contributed by atoms with Gasteiger partial charge >= 0.3 is 5.97 Å². The largest absolute Gasteiger partial charge is 0.461 e. The van der Waals surface area contributed by atoms with Crippen molar-refractivity contribution in [1.82, 2.24) is 10.4 Å². The van der Waals surface area contributed by atoms with Crippen LogP contribution in [0.2, 0.25) is 5.02 Å². The van der Waals surface area contributed by atoms with E-state index in [0.29, 0.717) is 28.9 Å². The van der Waals surface area contributed by atoms with Gasteiger partial charge < -0.3 is 9.72 Å². The number of esters is 1. The van der Waals surface area contributed by atoms with Crippen LogP contribution in [0.4, 0.5) is 0 Å². The number of halogens is 1. The first-order valence-electron chi connectivity index (χ1n) is 8.92. The van der Waals surface area contributed by atoms with Gasteiger partial charge in [-0.1, -0.05) is 48.0 Å². The lowest BCUT2D eigenvalue weighted by Gasteiger charge is -2.02. The van der Waals surface area contributed by atoms with Gasteiger partial charge in [-0.25, -0.2) is 10.2 Å². The molecule has 144 valence electrons. The van der Waals surface area contributed by atoms with Crippen LogP contribution in [0, 0.1) is 0 Å². The average molecular weight is 398 g/mol. The monoisotopic (exact) mass is 397 g/mol. The zero-order valence-corrected chi connectivity index (χ0v) is 16.1. The van der Waals surface area contributed by atoms with E-state index in [4.69, 9.17) is 16.3 Å². The molecule has 0 aliphatic heterocycles. The van der Waals surface area contributed by atoms with Crippen molar-refractivity contribution in [2.24, 2.45) is 5.10 Å². The molecule has 28 heavy (non-hydrogen) atoms. The maximum Gasteiger partial charge on any atom is 0.355 e. The van der Waals surface area contributed by atoms with E-state index >= 15 is 0 Å². The molecule has 0 saturated heterocycles. The Balaban J connectivity index is 1.73. The molecule has 0 aliphatic rings. The van der Waals surface area contributed by atoms with Crippen molar-refractivity contribution in [2.75, 3.05) is 6.61 Å². The fourth-order valence-electron chi connectivity index (χ4n) is 2.82. The molecule has 0 bridgehead atoms. The molecular formula is C21H20ClN3O3. The quantitative estimate of drug-likeness (QED) is 0.358. The van der Waals surface area contributed by atoms with E-state index in [2.05, 4.69) is 15.5 Å². The lowest BCUT2D eigenvalue weighted by Crippen LogP contribution is -2.18. The Morgan fingerprint density at radius 2 is 2.00 bits per heavy atom. The summed E-state index contributed by atoms with van der Waals surface area (Å²) in [5, 5.41) is 5.32. The maximum absolute atomic E-state index is 12.2. The summed E-state index contributed by atoms with van der Waals surface area (Å²) in [5.41, 5.74) is 5.08. The van der Waals surface area contributed by atoms with Gasteiger partial charge in [-0.3, -0.25) is 4.79 Å². The molecule has 3 rings (SSSR count). The number of aromatic amines is 1. The summed E-state index contributed by atoms with van der Waals surface area (Å²) in [6.45, 7) is 1.99. The van der Waals surface area contributed by atoms with Crippen LogP contribution < -0.4 is 5.43 Å². The van der Waals surface area contributed by atoms with Gasteiger partial charge in [0.2, 0.25) is 5.91 Å². The van der Waals surface area contributed by atoms with E-state index in [-0.39, 0.29) is 18.2 Å². The Kier molecular flexibility index (Phi) is 6.45. The molecule has 3 aromatic rings. The number of ether oxygens (including phenoxy) is 1. The third-order valence-corrected chi connectivity index (χ3v) is 4.38. The van der Waals surface area contributed by atoms with Gasteiger partial charge in [0.25, 0.3) is 0 Å². The third-order valence-electron chi connectivity index (χ3n) is 4.15. The van der Waals surface area contributed by atoms with Crippen LogP contribution in [0.25, 0.3) is 10.9 Å². The highest BCUT2D eigenvalue weighted by Gasteiger charge is 2.18. The first-order chi connectivity index (χ1) is 13.6. The SMILES string of the molecule is CCOC(=O)c1[nH]c2cc(Cl)ccc2c1/C=N/NC(=O)CCc1ccccc1. The normalized spacial score (nSPS) is 11.1. The van der Waals surface area contributed by atoms with E-state index in [1.54, 1.807) is 25.1 Å². The van der Waals surface area contributed by atoms with E-state index < -0.39 is 5.97 Å². The molecule has 1 amide bonds. The van der Waals surface area contributed by atoms with E-state index in [1.165, 1.54) is 6.21 Å². The van der Waals surface area contributed by atoms with Crippen LogP contribution in [0.5, 0.6) is 0 Å². The summed E-state index contributed by atoms with van der Waals surface area (Å²) < 4.78 is 5.09. The number of aryl methyl sites for hydroxylation is 1. The molecule has 2 N–H and O–H groups in total. The zero-order chi connectivity index (χ0) is 19.9. The second-order valence-electron chi connectivity index (χ2n) is 6.10. The second kappa shape index (κ2) is 9.19. The Bertz CT molecular complexity index is 1010. The van der Waals surface area contributed by atoms with Crippen LogP contribution in [0.15, 0.2) is 53.6 Å². The molecular weight excluding hydrogens is 378 g/mol. The standard InChI is InChI=1S/C21H20ClN3O3/c1-2-28-21(27)20-17(16-10-9-15(22)12-18(16)24-20)13-23-25-19(26)11-8-14-6-4-3-5-7-14/h3-7,9-10,12-13,24H,2,8,11H2,1H3,(H,25,26)/b23-13+. The molecule has 0 spiro atoms. The highest BCUT2D eigenvalue weighted by Crippen LogP contribution is 2.24. The van der Waals surface area contributed by atoms with Gasteiger partial charge in [0.1, 0.15) is 5.69 Å². The number of carbonyl (C=O) groups excluding carboxylic acids is 2. The molecule has 0 saturated carbocycles. The molecule has 0 atom stereocenters. The topological polar surface area (TPSA) is 83.6 Å². The van der Waals surface area contributed by atoms with Gasteiger partial charge in [0, 0.05) is 27.9 Å². The minimum Gasteiger partial charge on any atom is -0.461 e. The van der Waals surface area contributed by atoms with Crippen LogP contribution in [-0.4, -0.2) is 29.7 Å². The molecule has 1 heterocycles. The summed E-state index contributed by atoms with van der Waals surface area (Å²) in [4.78, 5) is 27.3. The average Bonchev–Trinajstić information content (AvgIpc) is 3.05. The molecule has 6 nitrogen and oxygen atoms in total. The minimum absolute atomic E-state index is 0.208. The van der Waals surface area contributed by atoms with Crippen molar-refractivity contribution in [3.05, 3.63) is 70.4 Å². The molecule has 0 fully saturated rings. The third kappa shape index (κ3) is 4.78. The summed E-state index contributed by atoms with van der Waals surface area (Å²) in [7, 11) is 0. The Labute approximate surface area is 167 Å². The van der Waals surface area contributed by atoms with Gasteiger partial charge in [0.15, 0.2) is 0 Å². The van der Waals surface area contributed by atoms with Crippen molar-refractivity contribution in [2.45, 2.75) is 19.8 Å². The predicted molar refractivity (Wildman–Crippen MR) is 110 cm³/mol. The number of hydrogen-bond donors (Lipinski definition) is 2. The van der Waals surface area contributed by atoms with Crippen LogP contribution in [0.1, 0.15) is 35.0 Å². The number of H-pyrrole nitrogens is 1. The lowest BCUT2D eigenvalue weighted by atomic mass is 10.1. The van der Waals surface area contributed by atoms with Crippen LogP contribution >= 0.6 is 11.6 Å². The minimum atomic E-state index is -0.494. The number of nitrogens with zero attached hydrogens (tertiary/aromatic N) is 1. The molecule has 2 aromatic carbocycles. The number of hydrazone groups is 1. The zero-order valence-electron chi connectivity index (χ0n) is 15.4. The van der Waals surface area contributed by atoms with Crippen LogP contribution in [-0.2, 0) is 16.0 Å². The number of hydrogen-bond acceptors (Lipinski definition) is 4. The van der Waals surface area contributed by atoms with Crippen molar-refractivity contribution < 1.29 is 14.3 Å². The van der Waals surface area contributed by atoms with Crippen molar-refractivity contribution in [3.63, 3.8) is 0 Å². The first kappa shape index (κ1) is 19.6. The highest BCUT2D eigenvalue weighted by molar-refractivity contribution is 6.31. The fourth-order valence-corrected chi connectivity index (χ4v) is 2.99. The van der Waals surface area contributed by atoms with E-state index in [1.807, 2.05) is 30.3 Å². The summed E-state index contributed by atoms with van der Waals surface area (Å²) in [6.07, 6.45) is 2.39. The van der Waals surface area contributed by atoms with Crippen molar-refractivity contribution in [1.29, 1.82) is 0 Å². The summed E-state index contributed by atoms with van der Waals surface area (Å²) in [5.74, 6) is -0.702. The number of rotatable bonds is 7. The number of amides is 1. The molecule has 1 aromatic heterocycles. The van der Waals surface area contributed by atoms with E-state index in [0.717, 1.165) is 10.9 Å².